The van der Waals surface area contributed by atoms with Gasteiger partial charge in [-0.25, -0.2) is 13.2 Å². The van der Waals surface area contributed by atoms with E-state index >= 15 is 0 Å². The number of amides is 1. The zero-order valence-electron chi connectivity index (χ0n) is 24.5. The van der Waals surface area contributed by atoms with Gasteiger partial charge in [-0.1, -0.05) is 32.9 Å². The van der Waals surface area contributed by atoms with Gasteiger partial charge in [-0.3, -0.25) is 9.10 Å². The molecule has 4 rings (SSSR count). The topological polar surface area (TPSA) is 93.2 Å². The lowest BCUT2D eigenvalue weighted by molar-refractivity contribution is 0.00900. The second-order valence-corrected chi connectivity index (χ2v) is 14.1. The molecule has 1 atom stereocenters. The van der Waals surface area contributed by atoms with E-state index in [0.717, 1.165) is 12.0 Å². The average molecular weight is 571 g/mol. The highest BCUT2D eigenvalue weighted by atomic mass is 32.2. The molecule has 8 nitrogen and oxygen atoms in total. The summed E-state index contributed by atoms with van der Waals surface area (Å²) in [6.45, 7) is 13.0. The van der Waals surface area contributed by atoms with Crippen molar-refractivity contribution in [3.05, 3.63) is 53.6 Å². The fourth-order valence-electron chi connectivity index (χ4n) is 5.23. The predicted octanol–water partition coefficient (Wildman–Crippen LogP) is 6.08. The number of likely N-dealkylation sites (tertiary alicyclic amines) is 1. The van der Waals surface area contributed by atoms with Gasteiger partial charge < -0.3 is 14.4 Å². The number of ether oxygens (including phenoxy) is 2. The molecule has 2 heterocycles. The van der Waals surface area contributed by atoms with Crippen molar-refractivity contribution in [1.82, 2.24) is 4.90 Å². The van der Waals surface area contributed by atoms with Crippen molar-refractivity contribution in [2.45, 2.75) is 83.8 Å². The van der Waals surface area contributed by atoms with Gasteiger partial charge >= 0.3 is 6.09 Å². The Morgan fingerprint density at radius 3 is 2.33 bits per heavy atom. The molecule has 2 aliphatic rings. The Hall–Kier alpha value is -3.07. The third kappa shape index (κ3) is 6.79. The molecule has 218 valence electrons. The molecule has 0 aromatic heterocycles. The van der Waals surface area contributed by atoms with Crippen LogP contribution in [-0.2, 0) is 21.2 Å². The van der Waals surface area contributed by atoms with E-state index in [-0.39, 0.29) is 41.1 Å². The van der Waals surface area contributed by atoms with Crippen molar-refractivity contribution in [3.8, 4) is 5.75 Å². The van der Waals surface area contributed by atoms with Gasteiger partial charge in [-0.05, 0) is 87.8 Å². The third-order valence-corrected chi connectivity index (χ3v) is 9.17. The zero-order valence-corrected chi connectivity index (χ0v) is 25.3. The number of benzene rings is 2. The molecule has 1 unspecified atom stereocenters. The van der Waals surface area contributed by atoms with Crippen molar-refractivity contribution in [1.29, 1.82) is 0 Å². The van der Waals surface area contributed by atoms with Crippen LogP contribution in [0.2, 0.25) is 0 Å². The normalized spacial score (nSPS) is 18.3. The number of piperidine rings is 1. The predicted molar refractivity (Wildman–Crippen MR) is 156 cm³/mol. The number of sulfonamides is 1. The number of hydrogen-bond acceptors (Lipinski definition) is 6. The second kappa shape index (κ2) is 11.8. The number of fused-ring (bicyclic) bond motifs is 1. The minimum absolute atomic E-state index is 0.0764. The molecule has 0 aliphatic carbocycles. The summed E-state index contributed by atoms with van der Waals surface area (Å²) in [5.41, 5.74) is 1.49. The van der Waals surface area contributed by atoms with Crippen LogP contribution < -0.4 is 9.04 Å². The molecule has 0 spiro atoms. The van der Waals surface area contributed by atoms with Gasteiger partial charge in [0.15, 0.2) is 5.78 Å². The van der Waals surface area contributed by atoms with Crippen molar-refractivity contribution in [3.63, 3.8) is 0 Å². The van der Waals surface area contributed by atoms with Gasteiger partial charge in [0.2, 0.25) is 0 Å². The first-order valence-corrected chi connectivity index (χ1v) is 15.7. The summed E-state index contributed by atoms with van der Waals surface area (Å²) >= 11 is 0. The van der Waals surface area contributed by atoms with E-state index in [1.54, 1.807) is 11.0 Å². The minimum atomic E-state index is -3.91. The van der Waals surface area contributed by atoms with Crippen LogP contribution in [0, 0.1) is 11.8 Å². The van der Waals surface area contributed by atoms with Crippen molar-refractivity contribution in [2.75, 3.05) is 23.9 Å². The number of nitrogens with zero attached hydrogens (tertiary/aromatic N) is 2. The number of anilines is 1. The van der Waals surface area contributed by atoms with Gasteiger partial charge in [0.25, 0.3) is 10.0 Å². The molecular formula is C31H42N2O6S. The molecule has 40 heavy (non-hydrogen) atoms. The maximum atomic E-state index is 13.8. The monoisotopic (exact) mass is 570 g/mol. The standard InChI is InChI=1S/C31H42N2O6S/c1-7-22-8-10-24(11-9-22)33(20-21(2)3)40(36,37)25-12-13-28-26(18-25)27(34)19-29(38-28)23-14-16-32(17-15-23)30(35)39-31(4,5)6/h8-13,18,21,23,29H,7,14-17,19-20H2,1-6H3. The van der Waals surface area contributed by atoms with Crippen LogP contribution in [0.4, 0.5) is 10.5 Å². The molecule has 0 N–H and O–H groups in total. The molecule has 2 aromatic carbocycles. The number of ketones is 1. The zero-order chi connectivity index (χ0) is 29.2. The van der Waals surface area contributed by atoms with Crippen molar-refractivity contribution >= 4 is 27.6 Å². The Kier molecular flexibility index (Phi) is 8.83. The highest BCUT2D eigenvalue weighted by Gasteiger charge is 2.37. The lowest BCUT2D eigenvalue weighted by Gasteiger charge is -2.38. The van der Waals surface area contributed by atoms with Crippen LogP contribution in [-0.4, -0.2) is 56.5 Å². The summed E-state index contributed by atoms with van der Waals surface area (Å²) < 4.78 is 40.8. The van der Waals surface area contributed by atoms with Crippen molar-refractivity contribution < 1.29 is 27.5 Å². The molecule has 0 bridgehead atoms. The number of Topliss-reactive ketones (excluding diaryl/α,β-unsaturated/α-hetero) is 1. The molecule has 0 saturated carbocycles. The molecule has 1 fully saturated rings. The largest absolute Gasteiger partial charge is 0.489 e. The molecule has 0 radical (unpaired) electrons. The molecular weight excluding hydrogens is 528 g/mol. The summed E-state index contributed by atoms with van der Waals surface area (Å²) in [6.07, 6.45) is 1.84. The summed E-state index contributed by atoms with van der Waals surface area (Å²) in [7, 11) is -3.91. The van der Waals surface area contributed by atoms with E-state index in [0.29, 0.717) is 49.5 Å². The molecule has 9 heteroatoms. The molecule has 1 saturated heterocycles. The van der Waals surface area contributed by atoms with Gasteiger partial charge in [-0.15, -0.1) is 0 Å². The first kappa shape index (κ1) is 29.9. The van der Waals surface area contributed by atoms with Crippen LogP contribution in [0.3, 0.4) is 0 Å². The Labute approximate surface area is 238 Å². The molecule has 1 amide bonds. The van der Waals surface area contributed by atoms with Gasteiger partial charge in [-0.2, -0.15) is 0 Å². The highest BCUT2D eigenvalue weighted by Crippen LogP contribution is 2.36. The Morgan fingerprint density at radius 1 is 1.10 bits per heavy atom. The van der Waals surface area contributed by atoms with Gasteiger partial charge in [0, 0.05) is 26.1 Å². The smallest absolute Gasteiger partial charge is 0.410 e. The van der Waals surface area contributed by atoms with Crippen LogP contribution in [0.25, 0.3) is 0 Å². The summed E-state index contributed by atoms with van der Waals surface area (Å²) in [5, 5.41) is 0. The summed E-state index contributed by atoms with van der Waals surface area (Å²) in [6, 6.07) is 12.2. The lowest BCUT2D eigenvalue weighted by atomic mass is 9.86. The van der Waals surface area contributed by atoms with E-state index < -0.39 is 15.6 Å². The number of aryl methyl sites for hydroxylation is 1. The SMILES string of the molecule is CCc1ccc(N(CC(C)C)S(=O)(=O)c2ccc3c(c2)C(=O)CC(C2CCN(C(=O)OC(C)(C)C)CC2)O3)cc1. The quantitative estimate of drug-likeness (QED) is 0.401. The lowest BCUT2D eigenvalue weighted by Crippen LogP contribution is -2.45. The average Bonchev–Trinajstić information content (AvgIpc) is 2.90. The first-order chi connectivity index (χ1) is 18.8. The third-order valence-electron chi connectivity index (χ3n) is 7.38. The Bertz CT molecular complexity index is 1320. The fourth-order valence-corrected chi connectivity index (χ4v) is 6.88. The summed E-state index contributed by atoms with van der Waals surface area (Å²) in [4.78, 5) is 27.5. The van der Waals surface area contributed by atoms with Gasteiger partial charge in [0.1, 0.15) is 17.5 Å². The summed E-state index contributed by atoms with van der Waals surface area (Å²) in [5.74, 6) is 0.510. The highest BCUT2D eigenvalue weighted by molar-refractivity contribution is 7.92. The molecule has 2 aliphatic heterocycles. The maximum absolute atomic E-state index is 13.8. The van der Waals surface area contributed by atoms with E-state index in [1.165, 1.54) is 16.4 Å². The van der Waals surface area contributed by atoms with E-state index in [4.69, 9.17) is 9.47 Å². The second-order valence-electron chi connectivity index (χ2n) is 12.2. The van der Waals surface area contributed by atoms with Crippen LogP contribution in [0.1, 0.15) is 76.7 Å². The number of carbonyl (C=O) groups is 2. The van der Waals surface area contributed by atoms with Crippen molar-refractivity contribution in [2.24, 2.45) is 11.8 Å². The van der Waals surface area contributed by atoms with E-state index in [9.17, 15) is 18.0 Å². The Balaban J connectivity index is 1.50. The van der Waals surface area contributed by atoms with E-state index in [2.05, 4.69) is 6.92 Å². The fraction of sp³-hybridized carbons (Fsp3) is 0.548. The minimum Gasteiger partial charge on any atom is -0.489 e. The van der Waals surface area contributed by atoms with Crippen LogP contribution in [0.15, 0.2) is 47.4 Å². The Morgan fingerprint density at radius 2 is 1.75 bits per heavy atom. The van der Waals surface area contributed by atoms with Crippen LogP contribution in [0.5, 0.6) is 5.75 Å². The number of carbonyl (C=O) groups excluding carboxylic acids is 2. The molecule has 2 aromatic rings. The maximum Gasteiger partial charge on any atom is 0.410 e. The number of hydrogen-bond donors (Lipinski definition) is 0. The van der Waals surface area contributed by atoms with E-state index in [1.807, 2.05) is 58.9 Å². The van der Waals surface area contributed by atoms with Crippen LogP contribution >= 0.6 is 0 Å². The number of rotatable bonds is 7. The van der Waals surface area contributed by atoms with Gasteiger partial charge in [0.05, 0.1) is 16.1 Å². The first-order valence-electron chi connectivity index (χ1n) is 14.2.